The molecule has 1 heterocycles. The molecule has 152 valence electrons. The van der Waals surface area contributed by atoms with Crippen molar-refractivity contribution in [2.45, 2.75) is 49.2 Å². The molecule has 2 unspecified atom stereocenters. The number of amides is 2. The molecule has 3 atom stereocenters. The van der Waals surface area contributed by atoms with Crippen LogP contribution in [-0.4, -0.2) is 39.6 Å². The molecular weight excluding hydrogens is 473 g/mol. The summed E-state index contributed by atoms with van der Waals surface area (Å²) < 4.78 is 10.3. The maximum atomic E-state index is 13.1. The van der Waals surface area contributed by atoms with E-state index in [1.165, 1.54) is 0 Å². The van der Waals surface area contributed by atoms with Gasteiger partial charge in [-0.05, 0) is 47.4 Å². The lowest BCUT2D eigenvalue weighted by Gasteiger charge is -2.24. The molecule has 0 bridgehead atoms. The van der Waals surface area contributed by atoms with Crippen molar-refractivity contribution in [2.75, 3.05) is 6.61 Å². The average molecular weight is 499 g/mol. The second-order valence-corrected chi connectivity index (χ2v) is 8.13. The van der Waals surface area contributed by atoms with Gasteiger partial charge in [0.25, 0.3) is 0 Å². The predicted octanol–water partition coefficient (Wildman–Crippen LogP) is 4.26. The molecule has 1 aromatic rings. The SMILES string of the molecule is C=CC[C@@H](CC(=O)OC(I)CCC)C(=O)N1C(=O)OCC1Cc1ccccc1. The number of hydrogen-bond donors (Lipinski definition) is 0. The van der Waals surface area contributed by atoms with Crippen LogP contribution in [0.25, 0.3) is 0 Å². The van der Waals surface area contributed by atoms with Crippen molar-refractivity contribution in [1.82, 2.24) is 4.90 Å². The molecule has 28 heavy (non-hydrogen) atoms. The van der Waals surface area contributed by atoms with E-state index < -0.39 is 23.9 Å². The minimum absolute atomic E-state index is 0.0874. The molecule has 0 radical (unpaired) electrons. The van der Waals surface area contributed by atoms with Crippen molar-refractivity contribution in [2.24, 2.45) is 5.92 Å². The van der Waals surface area contributed by atoms with E-state index in [-0.39, 0.29) is 29.6 Å². The third-order valence-corrected chi connectivity index (χ3v) is 5.38. The van der Waals surface area contributed by atoms with E-state index in [0.29, 0.717) is 6.42 Å². The van der Waals surface area contributed by atoms with Gasteiger partial charge < -0.3 is 9.47 Å². The molecule has 0 aliphatic carbocycles. The molecule has 1 aromatic carbocycles. The van der Waals surface area contributed by atoms with Gasteiger partial charge in [-0.3, -0.25) is 9.59 Å². The Balaban J connectivity index is 2.07. The molecule has 1 saturated heterocycles. The van der Waals surface area contributed by atoms with Crippen LogP contribution < -0.4 is 0 Å². The summed E-state index contributed by atoms with van der Waals surface area (Å²) in [5.74, 6) is -1.56. The van der Waals surface area contributed by atoms with Crippen LogP contribution in [0.2, 0.25) is 0 Å². The number of cyclic esters (lactones) is 1. The van der Waals surface area contributed by atoms with Crippen LogP contribution >= 0.6 is 22.6 Å². The third kappa shape index (κ3) is 6.32. The van der Waals surface area contributed by atoms with Crippen LogP contribution in [0.4, 0.5) is 4.79 Å². The van der Waals surface area contributed by atoms with Crippen LogP contribution in [0.5, 0.6) is 0 Å². The van der Waals surface area contributed by atoms with Crippen LogP contribution in [0, 0.1) is 5.92 Å². The van der Waals surface area contributed by atoms with E-state index in [9.17, 15) is 14.4 Å². The Hall–Kier alpha value is -1.90. The molecule has 0 aromatic heterocycles. The monoisotopic (exact) mass is 499 g/mol. The van der Waals surface area contributed by atoms with E-state index >= 15 is 0 Å². The summed E-state index contributed by atoms with van der Waals surface area (Å²) in [4.78, 5) is 38.7. The lowest BCUT2D eigenvalue weighted by atomic mass is 9.98. The van der Waals surface area contributed by atoms with Gasteiger partial charge in [-0.1, -0.05) is 49.8 Å². The normalized spacial score (nSPS) is 18.3. The van der Waals surface area contributed by atoms with Crippen LogP contribution in [-0.2, 0) is 25.5 Å². The Morgan fingerprint density at radius 3 is 2.75 bits per heavy atom. The highest BCUT2D eigenvalue weighted by atomic mass is 127. The first-order valence-electron chi connectivity index (χ1n) is 9.44. The van der Waals surface area contributed by atoms with Gasteiger partial charge in [0.15, 0.2) is 4.11 Å². The van der Waals surface area contributed by atoms with E-state index in [1.54, 1.807) is 6.08 Å². The number of alkyl halides is 1. The number of esters is 1. The Morgan fingerprint density at radius 2 is 2.11 bits per heavy atom. The summed E-state index contributed by atoms with van der Waals surface area (Å²) in [6.07, 6.45) is 3.28. The second kappa shape index (κ2) is 11.2. The smallest absolute Gasteiger partial charge is 0.416 e. The zero-order valence-electron chi connectivity index (χ0n) is 16.0. The fourth-order valence-corrected chi connectivity index (χ4v) is 4.02. The first kappa shape index (κ1) is 22.4. The molecule has 0 N–H and O–H groups in total. The summed E-state index contributed by atoms with van der Waals surface area (Å²) in [5.41, 5.74) is 1.01. The average Bonchev–Trinajstić information content (AvgIpc) is 3.02. The Labute approximate surface area is 179 Å². The van der Waals surface area contributed by atoms with Crippen LogP contribution in [0.15, 0.2) is 43.0 Å². The Bertz CT molecular complexity index is 693. The van der Waals surface area contributed by atoms with E-state index in [1.807, 2.05) is 37.3 Å². The van der Waals surface area contributed by atoms with Gasteiger partial charge in [0.2, 0.25) is 5.91 Å². The number of carbonyl (C=O) groups excluding carboxylic acids is 3. The van der Waals surface area contributed by atoms with E-state index in [0.717, 1.165) is 23.3 Å². The maximum absolute atomic E-state index is 13.1. The van der Waals surface area contributed by atoms with Gasteiger partial charge in [0, 0.05) is 0 Å². The number of nitrogens with zero attached hydrogens (tertiary/aromatic N) is 1. The standard InChI is InChI=1S/C21H26INO5/c1-3-8-16(13-19(24)28-18(22)9-4-2)20(25)23-17(14-27-21(23)26)12-15-10-6-5-7-11-15/h3,5-7,10-11,16-18H,1,4,8-9,12-14H2,2H3/t16-,17?,18?/m0/s1. The van der Waals surface area contributed by atoms with Crippen molar-refractivity contribution >= 4 is 40.6 Å². The topological polar surface area (TPSA) is 72.9 Å². The molecule has 1 fully saturated rings. The summed E-state index contributed by atoms with van der Waals surface area (Å²) in [5, 5.41) is 0. The molecule has 0 saturated carbocycles. The molecule has 1 aliphatic rings. The Kier molecular flexibility index (Phi) is 8.95. The maximum Gasteiger partial charge on any atom is 0.416 e. The van der Waals surface area contributed by atoms with Crippen molar-refractivity contribution < 1.29 is 23.9 Å². The van der Waals surface area contributed by atoms with E-state index in [2.05, 4.69) is 29.2 Å². The molecular formula is C21H26INO5. The van der Waals surface area contributed by atoms with Gasteiger partial charge in [-0.25, -0.2) is 9.69 Å². The zero-order chi connectivity index (χ0) is 20.5. The van der Waals surface area contributed by atoms with E-state index in [4.69, 9.17) is 9.47 Å². The number of benzene rings is 1. The van der Waals surface area contributed by atoms with Gasteiger partial charge in [0.05, 0.1) is 18.4 Å². The minimum Gasteiger partial charge on any atom is -0.452 e. The molecule has 2 amide bonds. The largest absolute Gasteiger partial charge is 0.452 e. The highest BCUT2D eigenvalue weighted by molar-refractivity contribution is 14.1. The van der Waals surface area contributed by atoms with Crippen LogP contribution in [0.3, 0.4) is 0 Å². The minimum atomic E-state index is -0.695. The zero-order valence-corrected chi connectivity index (χ0v) is 18.2. The number of rotatable bonds is 10. The summed E-state index contributed by atoms with van der Waals surface area (Å²) >= 11 is 2.07. The van der Waals surface area contributed by atoms with Gasteiger partial charge in [-0.2, -0.15) is 0 Å². The number of allylic oxidation sites excluding steroid dienone is 1. The Morgan fingerprint density at radius 1 is 1.39 bits per heavy atom. The first-order chi connectivity index (χ1) is 13.5. The fourth-order valence-electron chi connectivity index (χ4n) is 3.11. The van der Waals surface area contributed by atoms with Gasteiger partial charge >= 0.3 is 12.1 Å². The van der Waals surface area contributed by atoms with Crippen molar-refractivity contribution in [3.8, 4) is 0 Å². The second-order valence-electron chi connectivity index (χ2n) is 6.74. The van der Waals surface area contributed by atoms with Gasteiger partial charge in [-0.15, -0.1) is 6.58 Å². The lowest BCUT2D eigenvalue weighted by Crippen LogP contribution is -2.44. The highest BCUT2D eigenvalue weighted by Gasteiger charge is 2.41. The molecule has 6 nitrogen and oxygen atoms in total. The van der Waals surface area contributed by atoms with Crippen molar-refractivity contribution in [3.63, 3.8) is 0 Å². The molecule has 0 spiro atoms. The molecule has 2 rings (SSSR count). The summed E-state index contributed by atoms with van der Waals surface area (Å²) in [6.45, 7) is 5.83. The third-order valence-electron chi connectivity index (χ3n) is 4.50. The number of imide groups is 1. The molecule has 7 heteroatoms. The number of ether oxygens (including phenoxy) is 2. The summed E-state index contributed by atoms with van der Waals surface area (Å²) in [7, 11) is 0. The number of carbonyl (C=O) groups is 3. The van der Waals surface area contributed by atoms with Crippen LogP contribution in [0.1, 0.15) is 38.2 Å². The van der Waals surface area contributed by atoms with Crippen molar-refractivity contribution in [3.05, 3.63) is 48.6 Å². The number of halogens is 1. The number of hydrogen-bond acceptors (Lipinski definition) is 5. The predicted molar refractivity (Wildman–Crippen MR) is 114 cm³/mol. The lowest BCUT2D eigenvalue weighted by molar-refractivity contribution is -0.149. The quantitative estimate of drug-likeness (QED) is 0.208. The summed E-state index contributed by atoms with van der Waals surface area (Å²) in [6, 6.07) is 9.23. The van der Waals surface area contributed by atoms with Gasteiger partial charge in [0.1, 0.15) is 6.61 Å². The first-order valence-corrected chi connectivity index (χ1v) is 10.7. The molecule has 1 aliphatic heterocycles. The van der Waals surface area contributed by atoms with Crippen molar-refractivity contribution in [1.29, 1.82) is 0 Å². The fraction of sp³-hybridized carbons (Fsp3) is 0.476. The highest BCUT2D eigenvalue weighted by Crippen LogP contribution is 2.24.